The molecule has 1 aromatic heterocycles. The summed E-state index contributed by atoms with van der Waals surface area (Å²) < 4.78 is 28.3. The molecule has 27 heavy (non-hydrogen) atoms. The molecule has 0 unspecified atom stereocenters. The van der Waals surface area contributed by atoms with Gasteiger partial charge in [-0.3, -0.25) is 4.79 Å². The van der Waals surface area contributed by atoms with Gasteiger partial charge in [-0.15, -0.1) is 0 Å². The van der Waals surface area contributed by atoms with E-state index in [4.69, 9.17) is 37.2 Å². The van der Waals surface area contributed by atoms with Gasteiger partial charge in [-0.1, -0.05) is 34.4 Å². The number of carbonyl (C=O) groups excluding carboxylic acids is 1. The van der Waals surface area contributed by atoms with Crippen LogP contribution >= 0.6 is 23.2 Å². The van der Waals surface area contributed by atoms with E-state index in [0.29, 0.717) is 21.4 Å². The second kappa shape index (κ2) is 8.83. The topological polar surface area (TPSA) is 74.5 Å². The third kappa shape index (κ3) is 5.42. The third-order valence-corrected chi connectivity index (χ3v) is 4.14. The number of esters is 1. The molecule has 1 heterocycles. The second-order valence-corrected chi connectivity index (χ2v) is 6.20. The highest BCUT2D eigenvalue weighted by molar-refractivity contribution is 6.36. The zero-order chi connectivity index (χ0) is 19.2. The van der Waals surface area contributed by atoms with Gasteiger partial charge in [-0.2, -0.15) is 4.98 Å². The standard InChI is InChI=1S/C18H13Cl2FN2O4/c19-14-2-1-3-15(20)13(14)8-18(24)26-10-17-22-16(23-27-17)9-25-12-6-4-11(21)5-7-12/h1-7H,8-10H2. The van der Waals surface area contributed by atoms with Crippen LogP contribution in [-0.4, -0.2) is 16.1 Å². The molecule has 0 aliphatic heterocycles. The molecule has 6 nitrogen and oxygen atoms in total. The van der Waals surface area contributed by atoms with Crippen LogP contribution in [0.1, 0.15) is 17.3 Å². The molecule has 0 fully saturated rings. The SMILES string of the molecule is O=C(Cc1c(Cl)cccc1Cl)OCc1nc(COc2ccc(F)cc2)no1. The Labute approximate surface area is 163 Å². The summed E-state index contributed by atoms with van der Waals surface area (Å²) in [6.45, 7) is -0.164. The number of ether oxygens (including phenoxy) is 2. The Morgan fingerprint density at radius 1 is 1.07 bits per heavy atom. The molecular formula is C18H13Cl2FN2O4. The predicted molar refractivity (Wildman–Crippen MR) is 95.0 cm³/mol. The summed E-state index contributed by atoms with van der Waals surface area (Å²) in [5, 5.41) is 4.49. The minimum absolute atomic E-state index is 0.0261. The van der Waals surface area contributed by atoms with E-state index in [1.54, 1.807) is 18.2 Å². The largest absolute Gasteiger partial charge is 0.485 e. The van der Waals surface area contributed by atoms with Crippen molar-refractivity contribution in [3.05, 3.63) is 75.6 Å². The van der Waals surface area contributed by atoms with Gasteiger partial charge in [-0.05, 0) is 36.4 Å². The fourth-order valence-electron chi connectivity index (χ4n) is 2.12. The van der Waals surface area contributed by atoms with Gasteiger partial charge in [-0.25, -0.2) is 4.39 Å². The third-order valence-electron chi connectivity index (χ3n) is 3.43. The molecule has 3 aromatic rings. The van der Waals surface area contributed by atoms with Gasteiger partial charge in [0.05, 0.1) is 6.42 Å². The number of carbonyl (C=O) groups is 1. The maximum absolute atomic E-state index is 12.8. The molecule has 2 aromatic carbocycles. The number of aromatic nitrogens is 2. The van der Waals surface area contributed by atoms with Gasteiger partial charge in [0.25, 0.3) is 5.89 Å². The number of halogens is 3. The fourth-order valence-corrected chi connectivity index (χ4v) is 2.66. The summed E-state index contributed by atoms with van der Waals surface area (Å²) >= 11 is 12.0. The van der Waals surface area contributed by atoms with Crippen LogP contribution in [0.25, 0.3) is 0 Å². The van der Waals surface area contributed by atoms with Crippen LogP contribution in [0, 0.1) is 5.82 Å². The van der Waals surface area contributed by atoms with E-state index in [0.717, 1.165) is 0 Å². The molecule has 0 N–H and O–H groups in total. The summed E-state index contributed by atoms with van der Waals surface area (Å²) in [7, 11) is 0. The van der Waals surface area contributed by atoms with E-state index in [2.05, 4.69) is 10.1 Å². The van der Waals surface area contributed by atoms with Crippen molar-refractivity contribution in [1.82, 2.24) is 10.1 Å². The average Bonchev–Trinajstić information content (AvgIpc) is 3.11. The first-order valence-corrected chi connectivity index (χ1v) is 8.55. The summed E-state index contributed by atoms with van der Waals surface area (Å²) in [4.78, 5) is 16.0. The van der Waals surface area contributed by atoms with Crippen molar-refractivity contribution in [3.63, 3.8) is 0 Å². The van der Waals surface area contributed by atoms with E-state index in [1.807, 2.05) is 0 Å². The first-order valence-electron chi connectivity index (χ1n) is 7.79. The molecule has 0 spiro atoms. The van der Waals surface area contributed by atoms with Crippen LogP contribution in [-0.2, 0) is 29.2 Å². The van der Waals surface area contributed by atoms with Crippen LogP contribution in [0.5, 0.6) is 5.75 Å². The maximum Gasteiger partial charge on any atom is 0.310 e. The van der Waals surface area contributed by atoms with Crippen molar-refractivity contribution in [2.24, 2.45) is 0 Å². The zero-order valence-electron chi connectivity index (χ0n) is 13.8. The van der Waals surface area contributed by atoms with Crippen molar-refractivity contribution in [2.45, 2.75) is 19.6 Å². The maximum atomic E-state index is 12.8. The average molecular weight is 411 g/mol. The summed E-state index contributed by atoms with van der Waals surface area (Å²) in [6, 6.07) is 10.5. The highest BCUT2D eigenvalue weighted by atomic mass is 35.5. The molecule has 0 radical (unpaired) electrons. The lowest BCUT2D eigenvalue weighted by atomic mass is 10.1. The van der Waals surface area contributed by atoms with Crippen LogP contribution in [0.15, 0.2) is 47.0 Å². The summed E-state index contributed by atoms with van der Waals surface area (Å²) in [5.74, 6) is -0.0481. The lowest BCUT2D eigenvalue weighted by molar-refractivity contribution is -0.144. The normalized spacial score (nSPS) is 10.6. The molecule has 9 heteroatoms. The number of rotatable bonds is 7. The minimum Gasteiger partial charge on any atom is -0.485 e. The quantitative estimate of drug-likeness (QED) is 0.538. The molecule has 0 saturated carbocycles. The Kier molecular flexibility index (Phi) is 6.26. The molecule has 3 rings (SSSR count). The molecule has 140 valence electrons. The lowest BCUT2D eigenvalue weighted by Crippen LogP contribution is -2.09. The van der Waals surface area contributed by atoms with Crippen LogP contribution < -0.4 is 4.74 Å². The van der Waals surface area contributed by atoms with Gasteiger partial charge in [0.2, 0.25) is 5.82 Å². The highest BCUT2D eigenvalue weighted by Crippen LogP contribution is 2.25. The summed E-state index contributed by atoms with van der Waals surface area (Å²) in [5.41, 5.74) is 0.491. The van der Waals surface area contributed by atoms with Gasteiger partial charge in [0, 0.05) is 15.6 Å². The van der Waals surface area contributed by atoms with Gasteiger partial charge >= 0.3 is 5.97 Å². The molecule has 0 saturated heterocycles. The van der Waals surface area contributed by atoms with E-state index in [9.17, 15) is 9.18 Å². The van der Waals surface area contributed by atoms with Crippen LogP contribution in [0.4, 0.5) is 4.39 Å². The molecule has 0 bridgehead atoms. The number of hydrogen-bond donors (Lipinski definition) is 0. The Hall–Kier alpha value is -2.64. The van der Waals surface area contributed by atoms with Crippen molar-refractivity contribution in [1.29, 1.82) is 0 Å². The van der Waals surface area contributed by atoms with Crippen molar-refractivity contribution < 1.29 is 23.2 Å². The molecule has 0 aliphatic carbocycles. The smallest absolute Gasteiger partial charge is 0.310 e. The number of hydrogen-bond acceptors (Lipinski definition) is 6. The highest BCUT2D eigenvalue weighted by Gasteiger charge is 2.14. The molecule has 0 amide bonds. The Bertz CT molecular complexity index is 911. The second-order valence-electron chi connectivity index (χ2n) is 5.38. The van der Waals surface area contributed by atoms with Crippen molar-refractivity contribution in [2.75, 3.05) is 0 Å². The monoisotopic (exact) mass is 410 g/mol. The van der Waals surface area contributed by atoms with Crippen LogP contribution in [0.2, 0.25) is 10.0 Å². The van der Waals surface area contributed by atoms with Crippen LogP contribution in [0.3, 0.4) is 0 Å². The van der Waals surface area contributed by atoms with Crippen molar-refractivity contribution >= 4 is 29.2 Å². The lowest BCUT2D eigenvalue weighted by Gasteiger charge is -2.06. The van der Waals surface area contributed by atoms with E-state index in [-0.39, 0.29) is 37.2 Å². The van der Waals surface area contributed by atoms with Gasteiger partial charge in [0.1, 0.15) is 11.6 Å². The molecule has 0 aliphatic rings. The van der Waals surface area contributed by atoms with E-state index in [1.165, 1.54) is 24.3 Å². The molecule has 0 atom stereocenters. The number of benzene rings is 2. The molecular weight excluding hydrogens is 398 g/mol. The van der Waals surface area contributed by atoms with Crippen molar-refractivity contribution in [3.8, 4) is 5.75 Å². The van der Waals surface area contributed by atoms with Gasteiger partial charge in [0.15, 0.2) is 13.2 Å². The zero-order valence-corrected chi connectivity index (χ0v) is 15.3. The Balaban J connectivity index is 1.49. The van der Waals surface area contributed by atoms with E-state index >= 15 is 0 Å². The minimum atomic E-state index is -0.535. The first-order chi connectivity index (χ1) is 13.0. The fraction of sp³-hybridized carbons (Fsp3) is 0.167. The first kappa shape index (κ1) is 19.1. The van der Waals surface area contributed by atoms with Gasteiger partial charge < -0.3 is 14.0 Å². The number of nitrogens with zero attached hydrogens (tertiary/aromatic N) is 2. The Morgan fingerprint density at radius 2 is 1.78 bits per heavy atom. The summed E-state index contributed by atoms with van der Waals surface area (Å²) in [6.07, 6.45) is -0.0762. The van der Waals surface area contributed by atoms with E-state index < -0.39 is 5.97 Å². The predicted octanol–water partition coefficient (Wildman–Crippen LogP) is 4.38. The Morgan fingerprint density at radius 3 is 2.48 bits per heavy atom.